The van der Waals surface area contributed by atoms with Crippen LogP contribution in [0.2, 0.25) is 0 Å². The van der Waals surface area contributed by atoms with Crippen LogP contribution in [0, 0.1) is 11.3 Å². The van der Waals surface area contributed by atoms with Crippen molar-refractivity contribution in [1.82, 2.24) is 0 Å². The molecule has 0 radical (unpaired) electrons. The van der Waals surface area contributed by atoms with Crippen LogP contribution in [0.25, 0.3) is 6.08 Å². The number of hydrogen-bond acceptors (Lipinski definition) is 5. The highest BCUT2D eigenvalue weighted by Crippen LogP contribution is 2.33. The van der Waals surface area contributed by atoms with Gasteiger partial charge in [0.25, 0.3) is 0 Å². The normalized spacial score (nSPS) is 24.5. The number of esters is 2. The SMILES string of the molecule is CCC(C)(C)C(=O)OCC1CCC(OC(=O)/C=C/c2ccc(C3CCCCC3)cc2)C(O)C1. The highest BCUT2D eigenvalue weighted by molar-refractivity contribution is 5.87. The number of carbonyl (C=O) groups is 2. The number of benzene rings is 1. The third-order valence-corrected chi connectivity index (χ3v) is 7.44. The summed E-state index contributed by atoms with van der Waals surface area (Å²) in [6.45, 7) is 6.01. The molecule has 2 saturated carbocycles. The summed E-state index contributed by atoms with van der Waals surface area (Å²) in [5.74, 6) is 0.111. The van der Waals surface area contributed by atoms with Crippen LogP contribution < -0.4 is 0 Å². The Labute approximate surface area is 198 Å². The largest absolute Gasteiger partial charge is 0.465 e. The Bertz CT molecular complexity index is 804. The topological polar surface area (TPSA) is 72.8 Å². The minimum Gasteiger partial charge on any atom is -0.465 e. The van der Waals surface area contributed by atoms with E-state index in [0.29, 0.717) is 25.4 Å². The number of aliphatic hydroxyl groups excluding tert-OH is 1. The lowest BCUT2D eigenvalue weighted by Crippen LogP contribution is -2.39. The first-order valence-corrected chi connectivity index (χ1v) is 12.6. The molecule has 33 heavy (non-hydrogen) atoms. The van der Waals surface area contributed by atoms with Crippen molar-refractivity contribution in [3.8, 4) is 0 Å². The Morgan fingerprint density at radius 2 is 1.76 bits per heavy atom. The molecule has 1 aromatic carbocycles. The molecule has 0 amide bonds. The summed E-state index contributed by atoms with van der Waals surface area (Å²) in [7, 11) is 0. The molecule has 3 atom stereocenters. The van der Waals surface area contributed by atoms with Gasteiger partial charge in [-0.25, -0.2) is 4.79 Å². The fraction of sp³-hybridized carbons (Fsp3) is 0.643. The van der Waals surface area contributed by atoms with Gasteiger partial charge in [-0.2, -0.15) is 0 Å². The molecule has 1 N–H and O–H groups in total. The summed E-state index contributed by atoms with van der Waals surface area (Å²) < 4.78 is 11.0. The zero-order valence-electron chi connectivity index (χ0n) is 20.4. The Morgan fingerprint density at radius 1 is 1.06 bits per heavy atom. The lowest BCUT2D eigenvalue weighted by atomic mass is 9.84. The fourth-order valence-corrected chi connectivity index (χ4v) is 4.69. The van der Waals surface area contributed by atoms with Gasteiger partial charge in [-0.3, -0.25) is 4.79 Å². The molecule has 5 nitrogen and oxygen atoms in total. The van der Waals surface area contributed by atoms with Gasteiger partial charge in [0, 0.05) is 6.08 Å². The molecule has 2 aliphatic rings. The van der Waals surface area contributed by atoms with E-state index in [1.165, 1.54) is 43.7 Å². The van der Waals surface area contributed by atoms with Gasteiger partial charge in [0.15, 0.2) is 0 Å². The van der Waals surface area contributed by atoms with E-state index in [1.807, 2.05) is 20.8 Å². The Kier molecular flexibility index (Phi) is 9.13. The van der Waals surface area contributed by atoms with E-state index in [0.717, 1.165) is 18.4 Å². The maximum absolute atomic E-state index is 12.3. The smallest absolute Gasteiger partial charge is 0.331 e. The van der Waals surface area contributed by atoms with E-state index in [4.69, 9.17) is 9.47 Å². The Hall–Kier alpha value is -2.14. The molecule has 2 fully saturated rings. The average Bonchev–Trinajstić information content (AvgIpc) is 2.83. The predicted octanol–water partition coefficient (Wildman–Crippen LogP) is 5.80. The number of carbonyl (C=O) groups excluding carboxylic acids is 2. The van der Waals surface area contributed by atoms with Crippen molar-refractivity contribution in [2.75, 3.05) is 6.61 Å². The van der Waals surface area contributed by atoms with Crippen molar-refractivity contribution >= 4 is 18.0 Å². The monoisotopic (exact) mass is 456 g/mol. The molecule has 5 heteroatoms. The van der Waals surface area contributed by atoms with Crippen molar-refractivity contribution in [2.24, 2.45) is 11.3 Å². The van der Waals surface area contributed by atoms with Crippen LogP contribution in [0.15, 0.2) is 30.3 Å². The third kappa shape index (κ3) is 7.43. The number of hydrogen-bond donors (Lipinski definition) is 1. The first kappa shape index (κ1) is 25.5. The summed E-state index contributed by atoms with van der Waals surface area (Å²) in [5.41, 5.74) is 1.86. The Balaban J connectivity index is 1.42. The number of ether oxygens (including phenoxy) is 2. The standard InChI is InChI=1S/C28H40O5/c1-4-28(2,3)27(31)32-19-21-12-16-25(24(29)18-21)33-26(30)17-13-20-10-14-23(15-11-20)22-8-6-5-7-9-22/h10-11,13-15,17,21-22,24-25,29H,4-9,12,16,18-19H2,1-3H3/b17-13+. The quantitative estimate of drug-likeness (QED) is 0.395. The second kappa shape index (κ2) is 11.8. The molecular weight excluding hydrogens is 416 g/mol. The maximum atomic E-state index is 12.3. The van der Waals surface area contributed by atoms with Crippen LogP contribution in [-0.4, -0.2) is 35.9 Å². The molecule has 3 unspecified atom stereocenters. The minimum absolute atomic E-state index is 0.0878. The van der Waals surface area contributed by atoms with E-state index in [2.05, 4.69) is 24.3 Å². The van der Waals surface area contributed by atoms with Gasteiger partial charge in [-0.05, 0) is 81.4 Å². The van der Waals surface area contributed by atoms with Crippen molar-refractivity contribution in [2.45, 2.75) is 96.7 Å². The molecule has 0 aliphatic heterocycles. The highest BCUT2D eigenvalue weighted by atomic mass is 16.6. The van der Waals surface area contributed by atoms with Crippen molar-refractivity contribution < 1.29 is 24.2 Å². The van der Waals surface area contributed by atoms with E-state index in [-0.39, 0.29) is 11.9 Å². The summed E-state index contributed by atoms with van der Waals surface area (Å²) in [4.78, 5) is 24.5. The van der Waals surface area contributed by atoms with Crippen LogP contribution >= 0.6 is 0 Å². The van der Waals surface area contributed by atoms with E-state index in [1.54, 1.807) is 6.08 Å². The minimum atomic E-state index is -0.742. The lowest BCUT2D eigenvalue weighted by Gasteiger charge is -2.32. The van der Waals surface area contributed by atoms with Gasteiger partial charge < -0.3 is 14.6 Å². The predicted molar refractivity (Wildman–Crippen MR) is 130 cm³/mol. The maximum Gasteiger partial charge on any atom is 0.331 e. The molecule has 3 rings (SSSR count). The molecule has 182 valence electrons. The average molecular weight is 457 g/mol. The molecule has 0 heterocycles. The Morgan fingerprint density at radius 3 is 2.39 bits per heavy atom. The van der Waals surface area contributed by atoms with E-state index >= 15 is 0 Å². The molecule has 0 bridgehead atoms. The van der Waals surface area contributed by atoms with Gasteiger partial charge in [0.2, 0.25) is 0 Å². The lowest BCUT2D eigenvalue weighted by molar-refractivity contribution is -0.159. The summed E-state index contributed by atoms with van der Waals surface area (Å²) in [6, 6.07) is 8.44. The molecule has 0 spiro atoms. The van der Waals surface area contributed by atoms with Gasteiger partial charge in [-0.15, -0.1) is 0 Å². The van der Waals surface area contributed by atoms with Crippen molar-refractivity contribution in [1.29, 1.82) is 0 Å². The van der Waals surface area contributed by atoms with Crippen LogP contribution in [0.4, 0.5) is 0 Å². The fourth-order valence-electron chi connectivity index (χ4n) is 4.69. The third-order valence-electron chi connectivity index (χ3n) is 7.44. The van der Waals surface area contributed by atoms with Gasteiger partial charge >= 0.3 is 11.9 Å². The second-order valence-electron chi connectivity index (χ2n) is 10.4. The van der Waals surface area contributed by atoms with Crippen LogP contribution in [0.5, 0.6) is 0 Å². The van der Waals surface area contributed by atoms with Crippen molar-refractivity contribution in [3.05, 3.63) is 41.5 Å². The highest BCUT2D eigenvalue weighted by Gasteiger charge is 2.33. The molecule has 0 aromatic heterocycles. The molecule has 2 aliphatic carbocycles. The van der Waals surface area contributed by atoms with Crippen LogP contribution in [-0.2, 0) is 19.1 Å². The summed E-state index contributed by atoms with van der Waals surface area (Å²) >= 11 is 0. The van der Waals surface area contributed by atoms with Gasteiger partial charge in [-0.1, -0.05) is 50.5 Å². The summed E-state index contributed by atoms with van der Waals surface area (Å²) in [5, 5.41) is 10.5. The van der Waals surface area contributed by atoms with Crippen LogP contribution in [0.1, 0.15) is 95.6 Å². The van der Waals surface area contributed by atoms with Gasteiger partial charge in [0.05, 0.1) is 18.1 Å². The zero-order chi connectivity index (χ0) is 23.8. The molecule has 0 saturated heterocycles. The van der Waals surface area contributed by atoms with Gasteiger partial charge in [0.1, 0.15) is 6.10 Å². The van der Waals surface area contributed by atoms with Crippen LogP contribution in [0.3, 0.4) is 0 Å². The molecular formula is C28H40O5. The first-order valence-electron chi connectivity index (χ1n) is 12.6. The first-order chi connectivity index (χ1) is 15.8. The van der Waals surface area contributed by atoms with E-state index < -0.39 is 23.6 Å². The molecule has 1 aromatic rings. The van der Waals surface area contributed by atoms with E-state index in [9.17, 15) is 14.7 Å². The number of aliphatic hydroxyl groups is 1. The number of rotatable bonds is 8. The van der Waals surface area contributed by atoms with Crippen molar-refractivity contribution in [3.63, 3.8) is 0 Å². The second-order valence-corrected chi connectivity index (χ2v) is 10.4. The summed E-state index contributed by atoms with van der Waals surface area (Å²) in [6.07, 6.45) is 10.9. The zero-order valence-corrected chi connectivity index (χ0v) is 20.4.